The average molecular weight is 362 g/mol. The van der Waals surface area contributed by atoms with Gasteiger partial charge in [0.05, 0.1) is 6.61 Å². The largest absolute Gasteiger partial charge is 0.494 e. The number of aromatic nitrogens is 2. The van der Waals surface area contributed by atoms with E-state index in [1.807, 2.05) is 63.2 Å². The van der Waals surface area contributed by atoms with Gasteiger partial charge in [0.1, 0.15) is 5.75 Å². The third kappa shape index (κ3) is 4.82. The van der Waals surface area contributed by atoms with Gasteiger partial charge < -0.3 is 15.4 Å². The van der Waals surface area contributed by atoms with Crippen LogP contribution in [-0.2, 0) is 0 Å². The molecule has 27 heavy (non-hydrogen) atoms. The quantitative estimate of drug-likeness (QED) is 0.676. The number of benzene rings is 2. The number of carbonyl (C=O) groups is 1. The first-order valence-corrected chi connectivity index (χ1v) is 8.77. The average Bonchev–Trinajstić information content (AvgIpc) is 2.67. The summed E-state index contributed by atoms with van der Waals surface area (Å²) in [6.45, 7) is 6.61. The summed E-state index contributed by atoms with van der Waals surface area (Å²) in [5, 5.41) is 14.1. The smallest absolute Gasteiger partial charge is 0.276 e. The van der Waals surface area contributed by atoms with E-state index in [1.54, 1.807) is 12.1 Å². The van der Waals surface area contributed by atoms with Crippen LogP contribution in [0.2, 0.25) is 0 Å². The minimum Gasteiger partial charge on any atom is -0.494 e. The van der Waals surface area contributed by atoms with E-state index in [1.165, 1.54) is 5.56 Å². The molecule has 0 aliphatic heterocycles. The van der Waals surface area contributed by atoms with Gasteiger partial charge >= 0.3 is 0 Å². The Morgan fingerprint density at radius 3 is 2.30 bits per heavy atom. The molecule has 0 spiro atoms. The molecule has 6 nitrogen and oxygen atoms in total. The molecule has 0 atom stereocenters. The predicted octanol–water partition coefficient (Wildman–Crippen LogP) is 4.49. The SMILES string of the molecule is CCOc1ccc(Nc2ccc(C(=O)Nc3ccc(C)c(C)c3)nn2)cc1. The summed E-state index contributed by atoms with van der Waals surface area (Å²) in [7, 11) is 0. The van der Waals surface area contributed by atoms with Crippen LogP contribution in [0.5, 0.6) is 5.75 Å². The summed E-state index contributed by atoms with van der Waals surface area (Å²) in [5.74, 6) is 1.08. The zero-order chi connectivity index (χ0) is 19.2. The van der Waals surface area contributed by atoms with E-state index >= 15 is 0 Å². The first-order chi connectivity index (χ1) is 13.0. The maximum atomic E-state index is 12.3. The topological polar surface area (TPSA) is 76.1 Å². The number of aryl methyl sites for hydroxylation is 2. The van der Waals surface area contributed by atoms with E-state index in [0.717, 1.165) is 22.7 Å². The van der Waals surface area contributed by atoms with Crippen LogP contribution in [-0.4, -0.2) is 22.7 Å². The van der Waals surface area contributed by atoms with Gasteiger partial charge in [0.15, 0.2) is 11.5 Å². The van der Waals surface area contributed by atoms with Gasteiger partial charge in [-0.2, -0.15) is 0 Å². The summed E-state index contributed by atoms with van der Waals surface area (Å²) in [5.41, 5.74) is 4.15. The maximum Gasteiger partial charge on any atom is 0.276 e. The number of hydrogen-bond donors (Lipinski definition) is 2. The first-order valence-electron chi connectivity index (χ1n) is 8.77. The molecular weight excluding hydrogens is 340 g/mol. The highest BCUT2D eigenvalue weighted by Gasteiger charge is 2.09. The van der Waals surface area contributed by atoms with Gasteiger partial charge in [-0.15, -0.1) is 10.2 Å². The summed E-state index contributed by atoms with van der Waals surface area (Å²) < 4.78 is 5.42. The highest BCUT2D eigenvalue weighted by atomic mass is 16.5. The van der Waals surface area contributed by atoms with Gasteiger partial charge in [0.2, 0.25) is 0 Å². The van der Waals surface area contributed by atoms with E-state index in [2.05, 4.69) is 20.8 Å². The number of amides is 1. The van der Waals surface area contributed by atoms with Gasteiger partial charge in [-0.3, -0.25) is 4.79 Å². The molecule has 3 aromatic rings. The molecule has 3 rings (SSSR count). The summed E-state index contributed by atoms with van der Waals surface area (Å²) in [6.07, 6.45) is 0. The van der Waals surface area contributed by atoms with Crippen LogP contribution >= 0.6 is 0 Å². The predicted molar refractivity (Wildman–Crippen MR) is 107 cm³/mol. The van der Waals surface area contributed by atoms with E-state index in [0.29, 0.717) is 12.4 Å². The van der Waals surface area contributed by atoms with Crippen LogP contribution in [0.15, 0.2) is 54.6 Å². The van der Waals surface area contributed by atoms with E-state index in [4.69, 9.17) is 4.74 Å². The van der Waals surface area contributed by atoms with Crippen molar-refractivity contribution in [2.24, 2.45) is 0 Å². The summed E-state index contributed by atoms with van der Waals surface area (Å²) in [6, 6.07) is 16.7. The maximum absolute atomic E-state index is 12.3. The Bertz CT molecular complexity index is 922. The lowest BCUT2D eigenvalue weighted by Crippen LogP contribution is -2.14. The molecule has 0 saturated carbocycles. The van der Waals surface area contributed by atoms with Gasteiger partial charge in [0.25, 0.3) is 5.91 Å². The molecule has 0 bridgehead atoms. The molecule has 0 radical (unpaired) electrons. The van der Waals surface area contributed by atoms with Crippen LogP contribution < -0.4 is 15.4 Å². The fourth-order valence-electron chi connectivity index (χ4n) is 2.48. The summed E-state index contributed by atoms with van der Waals surface area (Å²) in [4.78, 5) is 12.3. The van der Waals surface area contributed by atoms with Crippen molar-refractivity contribution in [2.75, 3.05) is 17.2 Å². The van der Waals surface area contributed by atoms with Crippen LogP contribution in [0.3, 0.4) is 0 Å². The Morgan fingerprint density at radius 2 is 1.67 bits per heavy atom. The van der Waals surface area contributed by atoms with Gasteiger partial charge in [-0.25, -0.2) is 0 Å². The number of anilines is 3. The van der Waals surface area contributed by atoms with Crippen molar-refractivity contribution in [1.29, 1.82) is 0 Å². The van der Waals surface area contributed by atoms with Crippen molar-refractivity contribution >= 4 is 23.1 Å². The Kier molecular flexibility index (Phi) is 5.66. The first kappa shape index (κ1) is 18.4. The zero-order valence-corrected chi connectivity index (χ0v) is 15.6. The van der Waals surface area contributed by atoms with Crippen molar-refractivity contribution in [3.8, 4) is 5.75 Å². The monoisotopic (exact) mass is 362 g/mol. The third-order valence-electron chi connectivity index (χ3n) is 4.10. The minimum absolute atomic E-state index is 0.255. The Balaban J connectivity index is 1.63. The van der Waals surface area contributed by atoms with Gasteiger partial charge in [-0.1, -0.05) is 6.07 Å². The molecule has 2 N–H and O–H groups in total. The molecule has 0 saturated heterocycles. The van der Waals surface area contributed by atoms with Crippen molar-refractivity contribution in [3.05, 3.63) is 71.4 Å². The highest BCUT2D eigenvalue weighted by molar-refractivity contribution is 6.02. The van der Waals surface area contributed by atoms with Crippen molar-refractivity contribution < 1.29 is 9.53 Å². The lowest BCUT2D eigenvalue weighted by atomic mass is 10.1. The number of rotatable bonds is 6. The molecule has 2 aromatic carbocycles. The zero-order valence-electron chi connectivity index (χ0n) is 15.6. The van der Waals surface area contributed by atoms with E-state index in [-0.39, 0.29) is 11.6 Å². The Hall–Kier alpha value is -3.41. The van der Waals surface area contributed by atoms with Crippen LogP contribution in [0, 0.1) is 13.8 Å². The normalized spacial score (nSPS) is 10.3. The molecular formula is C21H22N4O2. The molecule has 0 unspecified atom stereocenters. The fourth-order valence-corrected chi connectivity index (χ4v) is 2.48. The molecule has 0 aliphatic carbocycles. The second-order valence-corrected chi connectivity index (χ2v) is 6.14. The van der Waals surface area contributed by atoms with Crippen molar-refractivity contribution in [2.45, 2.75) is 20.8 Å². The number of nitrogens with zero attached hydrogens (tertiary/aromatic N) is 2. The van der Waals surface area contributed by atoms with Crippen molar-refractivity contribution in [1.82, 2.24) is 10.2 Å². The number of nitrogens with one attached hydrogen (secondary N) is 2. The standard InChI is InChI=1S/C21H22N4O2/c1-4-27-18-9-7-16(8-10-18)22-20-12-11-19(24-25-20)21(26)23-17-6-5-14(2)15(3)13-17/h5-13H,4H2,1-3H3,(H,22,25)(H,23,26). The van der Waals surface area contributed by atoms with E-state index in [9.17, 15) is 4.79 Å². The number of hydrogen-bond acceptors (Lipinski definition) is 5. The van der Waals surface area contributed by atoms with Crippen LogP contribution in [0.25, 0.3) is 0 Å². The molecule has 138 valence electrons. The second kappa shape index (κ2) is 8.31. The summed E-state index contributed by atoms with van der Waals surface area (Å²) >= 11 is 0. The highest BCUT2D eigenvalue weighted by Crippen LogP contribution is 2.19. The number of carbonyl (C=O) groups excluding carboxylic acids is 1. The molecule has 6 heteroatoms. The Labute approximate surface area is 158 Å². The molecule has 1 amide bonds. The third-order valence-corrected chi connectivity index (χ3v) is 4.10. The molecule has 1 aromatic heterocycles. The molecule has 0 fully saturated rings. The lowest BCUT2D eigenvalue weighted by molar-refractivity contribution is 0.102. The van der Waals surface area contributed by atoms with Crippen LogP contribution in [0.4, 0.5) is 17.2 Å². The van der Waals surface area contributed by atoms with Crippen LogP contribution in [0.1, 0.15) is 28.5 Å². The minimum atomic E-state index is -0.293. The van der Waals surface area contributed by atoms with Gasteiger partial charge in [-0.05, 0) is 80.4 Å². The lowest BCUT2D eigenvalue weighted by Gasteiger charge is -2.08. The molecule has 1 heterocycles. The van der Waals surface area contributed by atoms with Crippen molar-refractivity contribution in [3.63, 3.8) is 0 Å². The number of ether oxygens (including phenoxy) is 1. The van der Waals surface area contributed by atoms with E-state index < -0.39 is 0 Å². The molecule has 0 aliphatic rings. The van der Waals surface area contributed by atoms with Gasteiger partial charge in [0, 0.05) is 11.4 Å². The fraction of sp³-hybridized carbons (Fsp3) is 0.190. The second-order valence-electron chi connectivity index (χ2n) is 6.14. The Morgan fingerprint density at radius 1 is 0.926 bits per heavy atom.